The van der Waals surface area contributed by atoms with Crippen molar-refractivity contribution in [3.8, 4) is 0 Å². The number of likely N-dealkylation sites (N-methyl/N-ethyl adjacent to an activating group) is 7. The maximum Gasteiger partial charge on any atom is 0.270 e. The molecular formula is C63H111N11O12. The minimum atomic E-state index is -1.64. The number of hydrogen-bond donors (Lipinski definition) is 5. The summed E-state index contributed by atoms with van der Waals surface area (Å²) in [5, 5.41) is 23.0. The van der Waals surface area contributed by atoms with Gasteiger partial charge in [0.05, 0.1) is 6.10 Å². The van der Waals surface area contributed by atoms with E-state index in [4.69, 9.17) is 0 Å². The molecule has 0 aromatic heterocycles. The molecule has 1 saturated heterocycles. The molecule has 12 atom stereocenters. The van der Waals surface area contributed by atoms with E-state index in [1.165, 1.54) is 82.8 Å². The molecule has 0 saturated carbocycles. The number of nitrogens with zero attached hydrogens (tertiary/aromatic N) is 7. The summed E-state index contributed by atoms with van der Waals surface area (Å²) in [7, 11) is 9.75. The standard InChI is InChI=1S/C63H111N11O12/c1-26-28-29-40(15)52(75)51-56(79)66-44(27-2)59(82)68(19)43(18)58(81)69(20)46(31-35(5)6)55(78)67-49(38(11)12)62(85)70(21)45(30-34(3)4)54(77)64-41(16)53(76)65-42(17)57(80)71(22)47(32-36(7)8)60(83)72(23)48(33-37(9)10)61(84)73(24)50(39(13)14)63(86)74(51)25/h26,28,34-42,44-52,75H,18,27,29-33H2,1-17,19-25H3,(H,64,77)(H,65,76)(H,66,79)(H,67,78)/t40-,41-,42+,44-,45?,46+,47-,48-,49-,50-,51-,52-/m1/s1. The van der Waals surface area contributed by atoms with Crippen LogP contribution in [0.3, 0.4) is 0 Å². The van der Waals surface area contributed by atoms with Crippen molar-refractivity contribution < 1.29 is 57.8 Å². The molecule has 23 nitrogen and oxygen atoms in total. The average Bonchev–Trinajstić information content (AvgIpc) is 2.39. The first-order valence-electron chi connectivity index (χ1n) is 30.7. The summed E-state index contributed by atoms with van der Waals surface area (Å²) < 4.78 is 0. The molecule has 1 aliphatic heterocycles. The second-order valence-corrected chi connectivity index (χ2v) is 26.2. The molecule has 1 aliphatic rings. The van der Waals surface area contributed by atoms with Gasteiger partial charge in [-0.1, -0.05) is 116 Å². The van der Waals surface area contributed by atoms with Crippen molar-refractivity contribution >= 4 is 65.0 Å². The van der Waals surface area contributed by atoms with Gasteiger partial charge < -0.3 is 60.7 Å². The third-order valence-electron chi connectivity index (χ3n) is 16.2. The van der Waals surface area contributed by atoms with E-state index < -0.39 is 149 Å². The number of nitrogens with one attached hydrogen (secondary N) is 4. The normalized spacial score (nSPS) is 26.8. The predicted molar refractivity (Wildman–Crippen MR) is 333 cm³/mol. The lowest BCUT2D eigenvalue weighted by Gasteiger charge is -2.41. The van der Waals surface area contributed by atoms with Gasteiger partial charge in [0.25, 0.3) is 5.91 Å². The number of hydrogen-bond acceptors (Lipinski definition) is 12. The van der Waals surface area contributed by atoms with Crippen LogP contribution in [0.5, 0.6) is 0 Å². The highest BCUT2D eigenvalue weighted by molar-refractivity contribution is 6.02. The van der Waals surface area contributed by atoms with Crippen molar-refractivity contribution in [2.75, 3.05) is 49.3 Å². The topological polar surface area (TPSA) is 279 Å². The molecule has 0 aromatic carbocycles. The summed E-state index contributed by atoms with van der Waals surface area (Å²) in [4.78, 5) is 169. The lowest BCUT2D eigenvalue weighted by atomic mass is 9.91. The van der Waals surface area contributed by atoms with E-state index in [0.29, 0.717) is 6.42 Å². The molecule has 490 valence electrons. The van der Waals surface area contributed by atoms with Crippen LogP contribution in [-0.2, 0) is 52.7 Å². The smallest absolute Gasteiger partial charge is 0.270 e. The fourth-order valence-corrected chi connectivity index (χ4v) is 10.7. The Labute approximate surface area is 514 Å². The summed E-state index contributed by atoms with van der Waals surface area (Å²) in [6.07, 6.45) is 2.87. The van der Waals surface area contributed by atoms with Crippen LogP contribution >= 0.6 is 0 Å². The summed E-state index contributed by atoms with van der Waals surface area (Å²) >= 11 is 0. The second-order valence-electron chi connectivity index (χ2n) is 26.2. The fourth-order valence-electron chi connectivity index (χ4n) is 10.7. The van der Waals surface area contributed by atoms with E-state index in [1.807, 2.05) is 55.4 Å². The van der Waals surface area contributed by atoms with E-state index in [0.717, 1.165) is 14.7 Å². The Morgan fingerprint density at radius 1 is 0.465 bits per heavy atom. The van der Waals surface area contributed by atoms with Gasteiger partial charge in [-0.3, -0.25) is 52.7 Å². The summed E-state index contributed by atoms with van der Waals surface area (Å²) in [5.41, 5.74) is -0.363. The Balaban J connectivity index is 4.38. The Morgan fingerprint density at radius 3 is 1.31 bits per heavy atom. The molecule has 0 bridgehead atoms. The van der Waals surface area contributed by atoms with Gasteiger partial charge in [-0.15, -0.1) is 0 Å². The number of rotatable bonds is 15. The van der Waals surface area contributed by atoms with Gasteiger partial charge in [0.1, 0.15) is 66.1 Å². The third-order valence-corrected chi connectivity index (χ3v) is 16.2. The number of aliphatic hydroxyl groups excluding tert-OH is 1. The van der Waals surface area contributed by atoms with E-state index >= 15 is 9.59 Å². The number of allylic oxidation sites excluding steroid dienone is 2. The van der Waals surface area contributed by atoms with Crippen LogP contribution in [0.25, 0.3) is 0 Å². The second kappa shape index (κ2) is 34.8. The van der Waals surface area contributed by atoms with Gasteiger partial charge in [0.2, 0.25) is 59.1 Å². The molecule has 1 unspecified atom stereocenters. The van der Waals surface area contributed by atoms with Crippen LogP contribution in [0.2, 0.25) is 0 Å². The van der Waals surface area contributed by atoms with Crippen molar-refractivity contribution in [3.63, 3.8) is 0 Å². The predicted octanol–water partition coefficient (Wildman–Crippen LogP) is 3.78. The monoisotopic (exact) mass is 1210 g/mol. The number of carbonyl (C=O) groups excluding carboxylic acids is 11. The van der Waals surface area contributed by atoms with Gasteiger partial charge >= 0.3 is 0 Å². The Kier molecular flexibility index (Phi) is 31.4. The minimum absolute atomic E-state index is 0.0255. The summed E-state index contributed by atoms with van der Waals surface area (Å²) in [5.74, 6) is -10.3. The van der Waals surface area contributed by atoms with Crippen LogP contribution in [0.15, 0.2) is 24.4 Å². The van der Waals surface area contributed by atoms with E-state index in [-0.39, 0.29) is 61.5 Å². The van der Waals surface area contributed by atoms with E-state index in [2.05, 4.69) is 27.8 Å². The Bertz CT molecular complexity index is 2410. The highest BCUT2D eigenvalue weighted by atomic mass is 16.3. The number of amides is 11. The van der Waals surface area contributed by atoms with Crippen molar-refractivity contribution in [2.24, 2.45) is 41.4 Å². The molecule has 86 heavy (non-hydrogen) atoms. The van der Waals surface area contributed by atoms with Gasteiger partial charge in [0.15, 0.2) is 0 Å². The molecule has 1 rings (SSSR count). The van der Waals surface area contributed by atoms with Crippen molar-refractivity contribution in [1.82, 2.24) is 55.6 Å². The van der Waals surface area contributed by atoms with Gasteiger partial charge in [-0.25, -0.2) is 0 Å². The largest absolute Gasteiger partial charge is 0.390 e. The fraction of sp³-hybridized carbons (Fsp3) is 0.762. The summed E-state index contributed by atoms with van der Waals surface area (Å²) in [6.45, 7) is 33.7. The third kappa shape index (κ3) is 20.9. The van der Waals surface area contributed by atoms with Gasteiger partial charge in [0, 0.05) is 49.3 Å². The lowest BCUT2D eigenvalue weighted by molar-refractivity contribution is -0.157. The molecule has 11 amide bonds. The van der Waals surface area contributed by atoms with Crippen LogP contribution in [0.4, 0.5) is 0 Å². The average molecular weight is 1210 g/mol. The van der Waals surface area contributed by atoms with Gasteiger partial charge in [-0.05, 0) is 101 Å². The van der Waals surface area contributed by atoms with Crippen molar-refractivity contribution in [2.45, 2.75) is 223 Å². The van der Waals surface area contributed by atoms with E-state index in [9.17, 15) is 48.3 Å². The van der Waals surface area contributed by atoms with Crippen LogP contribution in [0.1, 0.15) is 156 Å². The van der Waals surface area contributed by atoms with Crippen LogP contribution in [-0.4, -0.2) is 220 Å². The lowest BCUT2D eigenvalue weighted by Crippen LogP contribution is -2.63. The highest BCUT2D eigenvalue weighted by Crippen LogP contribution is 2.26. The van der Waals surface area contributed by atoms with Crippen molar-refractivity contribution in [1.29, 1.82) is 0 Å². The number of carbonyl (C=O) groups is 11. The highest BCUT2D eigenvalue weighted by Gasteiger charge is 2.46. The van der Waals surface area contributed by atoms with Crippen LogP contribution < -0.4 is 21.3 Å². The zero-order chi connectivity index (χ0) is 66.8. The zero-order valence-electron chi connectivity index (χ0n) is 56.6. The minimum Gasteiger partial charge on any atom is -0.390 e. The SMILES string of the molecule is C=C1C(=O)N(C)[C@@H](CC(C)C)C(=O)N[C@H](C(C)C)C(=O)N(C)C(CC(C)C)C(=O)N[C@H](C)C(=O)N[C@@H](C)C(=O)N(C)[C@H](CC(C)C)C(=O)N(C)[C@H](CC(C)C)C(=O)N(C)[C@H](C(C)C)C(=O)N(C)[C@H]([C@H](O)[C@H](C)CC=CC)C(=O)N[C@H](CC)C(=O)N1C. The first-order chi connectivity index (χ1) is 39.6. The molecule has 1 fully saturated rings. The zero-order valence-corrected chi connectivity index (χ0v) is 56.6. The van der Waals surface area contributed by atoms with Crippen LogP contribution in [0, 0.1) is 41.4 Å². The molecule has 0 aromatic rings. The molecule has 23 heteroatoms. The number of aliphatic hydroxyl groups is 1. The molecule has 0 aliphatic carbocycles. The molecule has 5 N–H and O–H groups in total. The molecule has 1 heterocycles. The molecule has 0 spiro atoms. The summed E-state index contributed by atoms with van der Waals surface area (Å²) in [6, 6.07) is -12.6. The van der Waals surface area contributed by atoms with Gasteiger partial charge in [-0.2, -0.15) is 0 Å². The first kappa shape index (κ1) is 77.6. The quantitative estimate of drug-likeness (QED) is 0.116. The Morgan fingerprint density at radius 2 is 0.872 bits per heavy atom. The molecular weight excluding hydrogens is 1100 g/mol. The maximum atomic E-state index is 15.2. The molecule has 0 radical (unpaired) electrons. The maximum absolute atomic E-state index is 15.2. The van der Waals surface area contributed by atoms with E-state index in [1.54, 1.807) is 60.6 Å². The first-order valence-corrected chi connectivity index (χ1v) is 30.7. The van der Waals surface area contributed by atoms with Crippen molar-refractivity contribution in [3.05, 3.63) is 24.4 Å². The Hall–Kier alpha value is -6.39.